The van der Waals surface area contributed by atoms with E-state index in [0.717, 1.165) is 0 Å². The number of hydrogen-bond acceptors (Lipinski definition) is 3. The van der Waals surface area contributed by atoms with Gasteiger partial charge in [0.25, 0.3) is 0 Å². The Hall–Kier alpha value is -0.835. The van der Waals surface area contributed by atoms with Gasteiger partial charge in [-0.2, -0.15) is 0 Å². The van der Waals surface area contributed by atoms with Gasteiger partial charge in [0.1, 0.15) is 0 Å². The SMILES string of the molecule is Cc1csc2ccc(C(C)C)cc12.O[B]O. The normalized spacial score (nSPS) is 10.1. The molecule has 1 radical (unpaired) electrons. The molecule has 85 valence electrons. The highest BCUT2D eigenvalue weighted by molar-refractivity contribution is 7.17. The first-order chi connectivity index (χ1) is 7.60. The molecule has 2 N–H and O–H groups in total. The molecule has 0 saturated carbocycles. The van der Waals surface area contributed by atoms with Crippen molar-refractivity contribution in [2.45, 2.75) is 26.7 Å². The molecular weight excluding hydrogens is 219 g/mol. The molecule has 1 aromatic carbocycles. The van der Waals surface area contributed by atoms with Crippen LogP contribution in [-0.2, 0) is 0 Å². The molecule has 0 unspecified atom stereocenters. The predicted octanol–water partition coefficient (Wildman–Crippen LogP) is 2.84. The minimum absolute atomic E-state index is 0. The van der Waals surface area contributed by atoms with Crippen LogP contribution in [0, 0.1) is 6.92 Å². The molecular formula is C12H16BO2S. The summed E-state index contributed by atoms with van der Waals surface area (Å²) in [5.41, 5.74) is 2.84. The van der Waals surface area contributed by atoms with Crippen LogP contribution in [0.3, 0.4) is 0 Å². The summed E-state index contributed by atoms with van der Waals surface area (Å²) in [4.78, 5) is 0. The van der Waals surface area contributed by atoms with Crippen molar-refractivity contribution in [1.29, 1.82) is 0 Å². The van der Waals surface area contributed by atoms with Crippen LogP contribution in [-0.4, -0.2) is 17.7 Å². The molecule has 2 nitrogen and oxygen atoms in total. The number of fused-ring (bicyclic) bond motifs is 1. The highest BCUT2D eigenvalue weighted by Crippen LogP contribution is 2.28. The van der Waals surface area contributed by atoms with Crippen LogP contribution < -0.4 is 0 Å². The van der Waals surface area contributed by atoms with Gasteiger partial charge in [-0.1, -0.05) is 19.9 Å². The first-order valence-corrected chi connectivity index (χ1v) is 6.06. The van der Waals surface area contributed by atoms with Crippen molar-refractivity contribution in [3.8, 4) is 0 Å². The molecule has 0 aliphatic heterocycles. The molecule has 2 rings (SSSR count). The third kappa shape index (κ3) is 3.08. The largest absolute Gasteiger partial charge is 0.482 e. The zero-order chi connectivity index (χ0) is 12.1. The summed E-state index contributed by atoms with van der Waals surface area (Å²) in [5, 5.41) is 17.7. The second-order valence-corrected chi connectivity index (χ2v) is 4.86. The zero-order valence-corrected chi connectivity index (χ0v) is 10.6. The number of hydrogen-bond donors (Lipinski definition) is 2. The van der Waals surface area contributed by atoms with Gasteiger partial charge in [0.05, 0.1) is 0 Å². The van der Waals surface area contributed by atoms with E-state index < -0.39 is 0 Å². The maximum atomic E-state index is 7.00. The Bertz CT molecular complexity index is 451. The van der Waals surface area contributed by atoms with Crippen molar-refractivity contribution in [3.05, 3.63) is 34.7 Å². The third-order valence-electron chi connectivity index (χ3n) is 2.46. The van der Waals surface area contributed by atoms with Gasteiger partial charge < -0.3 is 10.0 Å². The van der Waals surface area contributed by atoms with E-state index in [-0.39, 0.29) is 7.69 Å². The number of benzene rings is 1. The molecule has 0 aliphatic carbocycles. The van der Waals surface area contributed by atoms with Gasteiger partial charge in [-0.3, -0.25) is 0 Å². The Kier molecular flexibility index (Phi) is 4.99. The molecule has 0 saturated heterocycles. The van der Waals surface area contributed by atoms with Gasteiger partial charge in [0.15, 0.2) is 0 Å². The summed E-state index contributed by atoms with van der Waals surface area (Å²) in [5.74, 6) is 0.628. The lowest BCUT2D eigenvalue weighted by Crippen LogP contribution is -1.85. The highest BCUT2D eigenvalue weighted by atomic mass is 32.1. The summed E-state index contributed by atoms with van der Waals surface area (Å²) in [6.07, 6.45) is 0. The summed E-state index contributed by atoms with van der Waals surface area (Å²) in [7, 11) is 0. The van der Waals surface area contributed by atoms with Gasteiger partial charge in [0, 0.05) is 4.70 Å². The maximum absolute atomic E-state index is 7.00. The summed E-state index contributed by atoms with van der Waals surface area (Å²) in [6.45, 7) is 6.66. The van der Waals surface area contributed by atoms with Crippen molar-refractivity contribution >= 4 is 29.1 Å². The number of rotatable bonds is 1. The Balaban J connectivity index is 0.000000386. The molecule has 4 heteroatoms. The van der Waals surface area contributed by atoms with Crippen molar-refractivity contribution in [2.24, 2.45) is 0 Å². The standard InChI is InChI=1S/C12H14S.BH2O2/c1-8(2)10-4-5-12-11(6-10)9(3)7-13-12;2-1-3/h4-8H,1-3H3;2-3H. The van der Waals surface area contributed by atoms with Gasteiger partial charge in [-0.25, -0.2) is 0 Å². The van der Waals surface area contributed by atoms with Crippen LogP contribution in [0.25, 0.3) is 10.1 Å². The van der Waals surface area contributed by atoms with E-state index >= 15 is 0 Å². The minimum atomic E-state index is 0. The van der Waals surface area contributed by atoms with E-state index in [1.165, 1.54) is 21.2 Å². The Morgan fingerprint density at radius 1 is 1.25 bits per heavy atom. The van der Waals surface area contributed by atoms with E-state index in [9.17, 15) is 0 Å². The van der Waals surface area contributed by atoms with E-state index in [4.69, 9.17) is 10.0 Å². The van der Waals surface area contributed by atoms with Gasteiger partial charge >= 0.3 is 7.69 Å². The fraction of sp³-hybridized carbons (Fsp3) is 0.333. The Morgan fingerprint density at radius 2 is 1.88 bits per heavy atom. The molecule has 0 fully saturated rings. The number of thiophene rings is 1. The summed E-state index contributed by atoms with van der Waals surface area (Å²) in [6, 6.07) is 6.80. The minimum Gasteiger partial charge on any atom is -0.429 e. The number of aryl methyl sites for hydroxylation is 1. The van der Waals surface area contributed by atoms with Crippen LogP contribution in [0.2, 0.25) is 0 Å². The van der Waals surface area contributed by atoms with Crippen LogP contribution in [0.4, 0.5) is 0 Å². The predicted molar refractivity (Wildman–Crippen MR) is 70.8 cm³/mol. The first-order valence-electron chi connectivity index (χ1n) is 5.18. The Labute approximate surface area is 101 Å². The van der Waals surface area contributed by atoms with Gasteiger partial charge in [-0.05, 0) is 46.9 Å². The van der Waals surface area contributed by atoms with E-state index in [1.807, 2.05) is 11.3 Å². The maximum Gasteiger partial charge on any atom is 0.482 e. The van der Waals surface area contributed by atoms with Crippen LogP contribution >= 0.6 is 11.3 Å². The van der Waals surface area contributed by atoms with Crippen molar-refractivity contribution in [1.82, 2.24) is 0 Å². The molecule has 16 heavy (non-hydrogen) atoms. The second kappa shape index (κ2) is 6.04. The zero-order valence-electron chi connectivity index (χ0n) is 9.77. The lowest BCUT2D eigenvalue weighted by molar-refractivity contribution is 0.448. The average molecular weight is 235 g/mol. The summed E-state index contributed by atoms with van der Waals surface area (Å²) < 4.78 is 1.40. The molecule has 0 spiro atoms. The quantitative estimate of drug-likeness (QED) is 0.746. The topological polar surface area (TPSA) is 40.5 Å². The second-order valence-electron chi connectivity index (χ2n) is 3.94. The van der Waals surface area contributed by atoms with Crippen molar-refractivity contribution in [2.75, 3.05) is 0 Å². The molecule has 0 aliphatic rings. The highest BCUT2D eigenvalue weighted by Gasteiger charge is 2.03. The Morgan fingerprint density at radius 3 is 2.44 bits per heavy atom. The molecule has 2 aromatic rings. The van der Waals surface area contributed by atoms with Crippen LogP contribution in [0.15, 0.2) is 23.6 Å². The fourth-order valence-electron chi connectivity index (χ4n) is 1.53. The summed E-state index contributed by atoms with van der Waals surface area (Å²) >= 11 is 1.83. The molecule has 1 aromatic heterocycles. The van der Waals surface area contributed by atoms with E-state index in [0.29, 0.717) is 5.92 Å². The molecule has 1 heterocycles. The molecule has 0 atom stereocenters. The van der Waals surface area contributed by atoms with E-state index in [2.05, 4.69) is 44.4 Å². The third-order valence-corrected chi connectivity index (χ3v) is 3.54. The average Bonchev–Trinajstić information content (AvgIpc) is 2.61. The van der Waals surface area contributed by atoms with Gasteiger partial charge in [-0.15, -0.1) is 11.3 Å². The smallest absolute Gasteiger partial charge is 0.429 e. The van der Waals surface area contributed by atoms with Crippen molar-refractivity contribution in [3.63, 3.8) is 0 Å². The monoisotopic (exact) mass is 235 g/mol. The van der Waals surface area contributed by atoms with Crippen LogP contribution in [0.5, 0.6) is 0 Å². The lowest BCUT2D eigenvalue weighted by atomic mass is 10.0. The van der Waals surface area contributed by atoms with Crippen molar-refractivity contribution < 1.29 is 10.0 Å². The van der Waals surface area contributed by atoms with Gasteiger partial charge in [0.2, 0.25) is 0 Å². The van der Waals surface area contributed by atoms with Crippen LogP contribution in [0.1, 0.15) is 30.9 Å². The molecule has 0 bridgehead atoms. The first kappa shape index (κ1) is 13.2. The fourth-order valence-corrected chi connectivity index (χ4v) is 2.46. The van der Waals surface area contributed by atoms with E-state index in [1.54, 1.807) is 0 Å². The lowest BCUT2D eigenvalue weighted by Gasteiger charge is -2.04. The molecule has 0 amide bonds.